The molecule has 0 saturated carbocycles. The van der Waals surface area contributed by atoms with Crippen molar-refractivity contribution in [1.82, 2.24) is 0 Å². The summed E-state index contributed by atoms with van der Waals surface area (Å²) in [6.45, 7) is 0.739. The smallest absolute Gasteiger partial charge is 0.295 e. The van der Waals surface area contributed by atoms with Crippen LogP contribution in [0.5, 0.6) is 5.75 Å². The standard InChI is InChI=1S/C16H16O4/c1-18-15-9-7-13(8-10-15)11-19-16(20-12-17)14-5-3-2-4-6-14/h2-10,12,16H,11H2,1H3. The lowest BCUT2D eigenvalue weighted by atomic mass is 10.2. The maximum atomic E-state index is 10.6. The lowest BCUT2D eigenvalue weighted by Crippen LogP contribution is -2.08. The first-order valence-electron chi connectivity index (χ1n) is 6.22. The van der Waals surface area contributed by atoms with Crippen molar-refractivity contribution in [3.05, 3.63) is 65.7 Å². The zero-order chi connectivity index (χ0) is 14.2. The molecular formula is C16H16O4. The first kappa shape index (κ1) is 14.1. The van der Waals surface area contributed by atoms with Crippen molar-refractivity contribution in [3.8, 4) is 5.75 Å². The number of ether oxygens (including phenoxy) is 3. The molecule has 0 bridgehead atoms. The van der Waals surface area contributed by atoms with Crippen LogP contribution in [0.25, 0.3) is 0 Å². The molecule has 4 nitrogen and oxygen atoms in total. The summed E-state index contributed by atoms with van der Waals surface area (Å²) < 4.78 is 15.7. The van der Waals surface area contributed by atoms with Gasteiger partial charge in [-0.05, 0) is 17.7 Å². The first-order valence-corrected chi connectivity index (χ1v) is 6.22. The normalized spacial score (nSPS) is 11.7. The second kappa shape index (κ2) is 7.31. The van der Waals surface area contributed by atoms with E-state index < -0.39 is 6.29 Å². The fourth-order valence-electron chi connectivity index (χ4n) is 1.77. The molecule has 1 atom stereocenters. The molecule has 0 radical (unpaired) electrons. The van der Waals surface area contributed by atoms with Crippen LogP contribution in [-0.4, -0.2) is 13.6 Å². The zero-order valence-corrected chi connectivity index (χ0v) is 11.2. The van der Waals surface area contributed by atoms with Gasteiger partial charge in [0.15, 0.2) is 0 Å². The molecular weight excluding hydrogens is 256 g/mol. The first-order chi connectivity index (χ1) is 9.83. The molecule has 0 aliphatic carbocycles. The monoisotopic (exact) mass is 272 g/mol. The number of benzene rings is 2. The minimum atomic E-state index is -0.698. The average molecular weight is 272 g/mol. The molecule has 0 aliphatic heterocycles. The topological polar surface area (TPSA) is 44.8 Å². The number of carbonyl (C=O) groups excluding carboxylic acids is 1. The molecule has 0 fully saturated rings. The van der Waals surface area contributed by atoms with E-state index in [0.717, 1.165) is 16.9 Å². The van der Waals surface area contributed by atoms with Gasteiger partial charge >= 0.3 is 0 Å². The van der Waals surface area contributed by atoms with Gasteiger partial charge in [0.25, 0.3) is 6.47 Å². The van der Waals surface area contributed by atoms with Crippen LogP contribution in [0.1, 0.15) is 17.4 Å². The fourth-order valence-corrected chi connectivity index (χ4v) is 1.77. The molecule has 0 aliphatic rings. The minimum absolute atomic E-state index is 0.345. The largest absolute Gasteiger partial charge is 0.497 e. The molecule has 0 N–H and O–H groups in total. The maximum absolute atomic E-state index is 10.6. The number of methoxy groups -OCH3 is 1. The van der Waals surface area contributed by atoms with Gasteiger partial charge in [0.05, 0.1) is 13.7 Å². The van der Waals surface area contributed by atoms with Crippen LogP contribution in [0.3, 0.4) is 0 Å². The van der Waals surface area contributed by atoms with Crippen LogP contribution in [0.2, 0.25) is 0 Å². The highest BCUT2D eigenvalue weighted by molar-refractivity contribution is 5.38. The predicted molar refractivity (Wildman–Crippen MR) is 74.1 cm³/mol. The zero-order valence-electron chi connectivity index (χ0n) is 11.2. The molecule has 2 aromatic rings. The van der Waals surface area contributed by atoms with Gasteiger partial charge in [-0.2, -0.15) is 0 Å². The number of hydrogen-bond acceptors (Lipinski definition) is 4. The van der Waals surface area contributed by atoms with Crippen molar-refractivity contribution in [1.29, 1.82) is 0 Å². The molecule has 0 spiro atoms. The second-order valence-electron chi connectivity index (χ2n) is 4.13. The minimum Gasteiger partial charge on any atom is -0.497 e. The third-order valence-corrected chi connectivity index (χ3v) is 2.81. The van der Waals surface area contributed by atoms with Crippen molar-refractivity contribution >= 4 is 6.47 Å². The van der Waals surface area contributed by atoms with Gasteiger partial charge in [-0.15, -0.1) is 0 Å². The molecule has 4 heteroatoms. The van der Waals surface area contributed by atoms with E-state index in [9.17, 15) is 4.79 Å². The third kappa shape index (κ3) is 3.83. The molecule has 104 valence electrons. The second-order valence-corrected chi connectivity index (χ2v) is 4.13. The summed E-state index contributed by atoms with van der Waals surface area (Å²) in [5.74, 6) is 0.789. The van der Waals surface area contributed by atoms with Crippen molar-refractivity contribution < 1.29 is 19.0 Å². The Morgan fingerprint density at radius 3 is 2.35 bits per heavy atom. The van der Waals surface area contributed by atoms with Gasteiger partial charge in [-0.1, -0.05) is 42.5 Å². The van der Waals surface area contributed by atoms with Crippen molar-refractivity contribution in [3.63, 3.8) is 0 Å². The Bertz CT molecular complexity index is 522. The van der Waals surface area contributed by atoms with E-state index in [1.54, 1.807) is 7.11 Å². The van der Waals surface area contributed by atoms with Crippen molar-refractivity contribution in [2.45, 2.75) is 12.9 Å². The van der Waals surface area contributed by atoms with Gasteiger partial charge in [-0.3, -0.25) is 4.79 Å². The molecule has 0 amide bonds. The quantitative estimate of drug-likeness (QED) is 0.574. The molecule has 1 unspecified atom stereocenters. The van der Waals surface area contributed by atoms with E-state index in [2.05, 4.69) is 0 Å². The van der Waals surface area contributed by atoms with E-state index in [1.807, 2.05) is 54.6 Å². The van der Waals surface area contributed by atoms with Crippen LogP contribution >= 0.6 is 0 Å². The van der Waals surface area contributed by atoms with Gasteiger partial charge < -0.3 is 14.2 Å². The summed E-state index contributed by atoms with van der Waals surface area (Å²) in [5, 5.41) is 0. The van der Waals surface area contributed by atoms with E-state index in [1.165, 1.54) is 0 Å². The van der Waals surface area contributed by atoms with E-state index >= 15 is 0 Å². The third-order valence-electron chi connectivity index (χ3n) is 2.81. The van der Waals surface area contributed by atoms with Crippen LogP contribution in [0.15, 0.2) is 54.6 Å². The van der Waals surface area contributed by atoms with Gasteiger partial charge in [0, 0.05) is 5.56 Å². The molecule has 2 aromatic carbocycles. The predicted octanol–water partition coefficient (Wildman–Crippen LogP) is 3.08. The van der Waals surface area contributed by atoms with E-state index in [-0.39, 0.29) is 0 Å². The van der Waals surface area contributed by atoms with E-state index in [4.69, 9.17) is 14.2 Å². The SMILES string of the molecule is COc1ccc(COC(OC=O)c2ccccc2)cc1. The maximum Gasteiger partial charge on any atom is 0.295 e. The highest BCUT2D eigenvalue weighted by atomic mass is 16.7. The lowest BCUT2D eigenvalue weighted by molar-refractivity contribution is -0.169. The highest BCUT2D eigenvalue weighted by Crippen LogP contribution is 2.20. The van der Waals surface area contributed by atoms with Gasteiger partial charge in [0.1, 0.15) is 5.75 Å². The summed E-state index contributed by atoms with van der Waals surface area (Å²) >= 11 is 0. The fraction of sp³-hybridized carbons (Fsp3) is 0.188. The Balaban J connectivity index is 1.99. The summed E-state index contributed by atoms with van der Waals surface area (Å²) in [4.78, 5) is 10.6. The number of carbonyl (C=O) groups is 1. The highest BCUT2D eigenvalue weighted by Gasteiger charge is 2.12. The molecule has 0 saturated heterocycles. The summed E-state index contributed by atoms with van der Waals surface area (Å²) in [7, 11) is 1.62. The van der Waals surface area contributed by atoms with Crippen molar-refractivity contribution in [2.24, 2.45) is 0 Å². The number of rotatable bonds is 7. The molecule has 0 aromatic heterocycles. The Kier molecular flexibility index (Phi) is 5.15. The average Bonchev–Trinajstić information content (AvgIpc) is 2.53. The molecule has 2 rings (SSSR count). The van der Waals surface area contributed by atoms with Crippen LogP contribution in [0, 0.1) is 0 Å². The van der Waals surface area contributed by atoms with E-state index in [0.29, 0.717) is 13.1 Å². The molecule has 0 heterocycles. The van der Waals surface area contributed by atoms with Crippen molar-refractivity contribution in [2.75, 3.05) is 7.11 Å². The van der Waals surface area contributed by atoms with Crippen LogP contribution in [-0.2, 0) is 20.9 Å². The summed E-state index contributed by atoms with van der Waals surface area (Å²) in [6.07, 6.45) is -0.698. The van der Waals surface area contributed by atoms with Gasteiger partial charge in [-0.25, -0.2) is 0 Å². The molecule has 20 heavy (non-hydrogen) atoms. The Morgan fingerprint density at radius 2 is 1.75 bits per heavy atom. The summed E-state index contributed by atoms with van der Waals surface area (Å²) in [6, 6.07) is 16.9. The Labute approximate surface area is 117 Å². The van der Waals surface area contributed by atoms with Crippen LogP contribution < -0.4 is 4.74 Å². The lowest BCUT2D eigenvalue weighted by Gasteiger charge is -2.16. The summed E-state index contributed by atoms with van der Waals surface area (Å²) in [5.41, 5.74) is 1.77. The van der Waals surface area contributed by atoms with Crippen LogP contribution in [0.4, 0.5) is 0 Å². The Morgan fingerprint density at radius 1 is 1.05 bits per heavy atom. The van der Waals surface area contributed by atoms with Gasteiger partial charge in [0.2, 0.25) is 6.29 Å². The Hall–Kier alpha value is -2.33. The number of hydrogen-bond donors (Lipinski definition) is 0.